The third-order valence-corrected chi connectivity index (χ3v) is 3.12. The SMILES string of the molecule is COC(=O)C1C[C@H]2COC[C@@H](C1)C2=O. The van der Waals surface area contributed by atoms with Crippen LogP contribution in [-0.4, -0.2) is 32.1 Å². The summed E-state index contributed by atoms with van der Waals surface area (Å²) in [6.45, 7) is 0.950. The van der Waals surface area contributed by atoms with Crippen molar-refractivity contribution in [1.82, 2.24) is 0 Å². The molecule has 0 spiro atoms. The minimum atomic E-state index is -0.186. The lowest BCUT2D eigenvalue weighted by atomic mass is 9.73. The third kappa shape index (κ3) is 1.54. The van der Waals surface area contributed by atoms with Gasteiger partial charge in [0.25, 0.3) is 0 Å². The zero-order valence-electron chi connectivity index (χ0n) is 8.19. The largest absolute Gasteiger partial charge is 0.469 e. The van der Waals surface area contributed by atoms with Crippen molar-refractivity contribution in [2.45, 2.75) is 12.8 Å². The number of fused-ring (bicyclic) bond motifs is 2. The van der Waals surface area contributed by atoms with E-state index in [1.54, 1.807) is 0 Å². The Morgan fingerprint density at radius 3 is 2.43 bits per heavy atom. The molecule has 0 aromatic heterocycles. The van der Waals surface area contributed by atoms with Crippen molar-refractivity contribution in [2.24, 2.45) is 17.8 Å². The predicted molar refractivity (Wildman–Crippen MR) is 47.5 cm³/mol. The highest BCUT2D eigenvalue weighted by Crippen LogP contribution is 2.34. The lowest BCUT2D eigenvalue weighted by Gasteiger charge is -2.36. The Balaban J connectivity index is 2.07. The molecule has 78 valence electrons. The second kappa shape index (κ2) is 3.69. The molecule has 0 amide bonds. The highest BCUT2D eigenvalue weighted by molar-refractivity contribution is 5.87. The van der Waals surface area contributed by atoms with E-state index in [2.05, 4.69) is 0 Å². The van der Waals surface area contributed by atoms with E-state index in [9.17, 15) is 9.59 Å². The molecular weight excluding hydrogens is 184 g/mol. The molecular formula is C10H14O4. The van der Waals surface area contributed by atoms with Gasteiger partial charge in [-0.25, -0.2) is 0 Å². The van der Waals surface area contributed by atoms with E-state index in [-0.39, 0.29) is 29.5 Å². The molecule has 1 heterocycles. The lowest BCUT2D eigenvalue weighted by molar-refractivity contribution is -0.155. The topological polar surface area (TPSA) is 52.6 Å². The van der Waals surface area contributed by atoms with E-state index in [1.165, 1.54) is 7.11 Å². The van der Waals surface area contributed by atoms with Crippen LogP contribution >= 0.6 is 0 Å². The van der Waals surface area contributed by atoms with Crippen molar-refractivity contribution in [3.05, 3.63) is 0 Å². The molecule has 2 fully saturated rings. The molecule has 0 radical (unpaired) electrons. The first-order chi connectivity index (χ1) is 6.72. The fourth-order valence-electron chi connectivity index (χ4n) is 2.36. The van der Waals surface area contributed by atoms with Gasteiger partial charge in [-0.2, -0.15) is 0 Å². The van der Waals surface area contributed by atoms with Gasteiger partial charge in [0, 0.05) is 11.8 Å². The smallest absolute Gasteiger partial charge is 0.308 e. The Bertz CT molecular complexity index is 245. The quantitative estimate of drug-likeness (QED) is 0.572. The molecule has 1 saturated carbocycles. The number of Topliss-reactive ketones (excluding diaryl/α,β-unsaturated/α-hetero) is 1. The Morgan fingerprint density at radius 1 is 1.36 bits per heavy atom. The number of rotatable bonds is 1. The molecule has 2 aliphatic rings. The van der Waals surface area contributed by atoms with Crippen LogP contribution in [0.3, 0.4) is 0 Å². The van der Waals surface area contributed by atoms with Gasteiger partial charge in [-0.05, 0) is 12.8 Å². The summed E-state index contributed by atoms with van der Waals surface area (Å²) in [5.74, 6) is -0.166. The van der Waals surface area contributed by atoms with Gasteiger partial charge in [-0.1, -0.05) is 0 Å². The molecule has 4 nitrogen and oxygen atoms in total. The average Bonchev–Trinajstić information content (AvgIpc) is 2.16. The summed E-state index contributed by atoms with van der Waals surface area (Å²) in [6, 6.07) is 0. The summed E-state index contributed by atoms with van der Waals surface area (Å²) >= 11 is 0. The van der Waals surface area contributed by atoms with Gasteiger partial charge in [-0.15, -0.1) is 0 Å². The van der Waals surface area contributed by atoms with E-state index < -0.39 is 0 Å². The van der Waals surface area contributed by atoms with Crippen molar-refractivity contribution in [1.29, 1.82) is 0 Å². The van der Waals surface area contributed by atoms with Gasteiger partial charge in [0.1, 0.15) is 5.78 Å². The monoisotopic (exact) mass is 198 g/mol. The van der Waals surface area contributed by atoms with Crippen molar-refractivity contribution >= 4 is 11.8 Å². The number of hydrogen-bond donors (Lipinski definition) is 0. The van der Waals surface area contributed by atoms with Crippen molar-refractivity contribution in [2.75, 3.05) is 20.3 Å². The van der Waals surface area contributed by atoms with Gasteiger partial charge in [0.2, 0.25) is 0 Å². The zero-order valence-corrected chi connectivity index (χ0v) is 8.19. The number of ketones is 1. The maximum atomic E-state index is 11.6. The third-order valence-electron chi connectivity index (χ3n) is 3.12. The van der Waals surface area contributed by atoms with E-state index in [4.69, 9.17) is 9.47 Å². The minimum absolute atomic E-state index is 0.0772. The second-order valence-electron chi connectivity index (χ2n) is 4.03. The molecule has 1 aliphatic heterocycles. The molecule has 0 N–H and O–H groups in total. The number of carbonyl (C=O) groups excluding carboxylic acids is 2. The Kier molecular flexibility index (Phi) is 2.54. The summed E-state index contributed by atoms with van der Waals surface area (Å²) < 4.78 is 9.99. The number of methoxy groups -OCH3 is 1. The first-order valence-electron chi connectivity index (χ1n) is 4.91. The average molecular weight is 198 g/mol. The summed E-state index contributed by atoms with van der Waals surface area (Å²) in [4.78, 5) is 23.0. The van der Waals surface area contributed by atoms with Crippen molar-refractivity contribution in [3.8, 4) is 0 Å². The van der Waals surface area contributed by atoms with Gasteiger partial charge in [-0.3, -0.25) is 9.59 Å². The summed E-state index contributed by atoms with van der Waals surface area (Å²) in [5, 5.41) is 0. The summed E-state index contributed by atoms with van der Waals surface area (Å²) in [7, 11) is 1.39. The number of hydrogen-bond acceptors (Lipinski definition) is 4. The molecule has 0 aromatic rings. The fourth-order valence-corrected chi connectivity index (χ4v) is 2.36. The number of carbonyl (C=O) groups is 2. The number of esters is 1. The zero-order chi connectivity index (χ0) is 10.1. The normalized spacial score (nSPS) is 36.6. The Hall–Kier alpha value is -0.900. The second-order valence-corrected chi connectivity index (χ2v) is 4.03. The van der Waals surface area contributed by atoms with Crippen LogP contribution < -0.4 is 0 Å². The highest BCUT2D eigenvalue weighted by atomic mass is 16.5. The molecule has 1 unspecified atom stereocenters. The van der Waals surface area contributed by atoms with Gasteiger partial charge in [0.05, 0.1) is 26.2 Å². The van der Waals surface area contributed by atoms with Crippen LogP contribution in [0.15, 0.2) is 0 Å². The summed E-state index contributed by atoms with van der Waals surface area (Å²) in [6.07, 6.45) is 1.20. The Labute approximate surface area is 82.6 Å². The van der Waals surface area contributed by atoms with E-state index in [0.717, 1.165) is 0 Å². The van der Waals surface area contributed by atoms with E-state index in [0.29, 0.717) is 26.1 Å². The van der Waals surface area contributed by atoms with Crippen LogP contribution in [0.5, 0.6) is 0 Å². The maximum Gasteiger partial charge on any atom is 0.308 e. The van der Waals surface area contributed by atoms with Crippen LogP contribution in [-0.2, 0) is 19.1 Å². The van der Waals surface area contributed by atoms with Crippen molar-refractivity contribution < 1.29 is 19.1 Å². The van der Waals surface area contributed by atoms with Crippen LogP contribution in [0, 0.1) is 17.8 Å². The van der Waals surface area contributed by atoms with E-state index >= 15 is 0 Å². The molecule has 14 heavy (non-hydrogen) atoms. The van der Waals surface area contributed by atoms with Gasteiger partial charge >= 0.3 is 5.97 Å². The highest BCUT2D eigenvalue weighted by Gasteiger charge is 2.42. The minimum Gasteiger partial charge on any atom is -0.469 e. The standard InChI is InChI=1S/C10H14O4/c1-13-10(12)6-2-7-4-14-5-8(3-6)9(7)11/h6-8H,2-5H2,1H3/t6?,7-,8+. The molecule has 2 bridgehead atoms. The molecule has 2 rings (SSSR count). The molecule has 0 aromatic carbocycles. The maximum absolute atomic E-state index is 11.6. The first-order valence-corrected chi connectivity index (χ1v) is 4.91. The van der Waals surface area contributed by atoms with Crippen LogP contribution in [0.25, 0.3) is 0 Å². The van der Waals surface area contributed by atoms with Crippen LogP contribution in [0.2, 0.25) is 0 Å². The fraction of sp³-hybridized carbons (Fsp3) is 0.800. The molecule has 1 saturated heterocycles. The molecule has 3 atom stereocenters. The van der Waals surface area contributed by atoms with Gasteiger partial charge in [0.15, 0.2) is 0 Å². The first kappa shape index (κ1) is 9.65. The van der Waals surface area contributed by atoms with Crippen LogP contribution in [0.4, 0.5) is 0 Å². The Morgan fingerprint density at radius 2 is 1.93 bits per heavy atom. The van der Waals surface area contributed by atoms with Crippen LogP contribution in [0.1, 0.15) is 12.8 Å². The predicted octanol–water partition coefficient (Wildman–Crippen LogP) is 0.401. The molecule has 4 heteroatoms. The lowest BCUT2D eigenvalue weighted by Crippen LogP contribution is -2.44. The summed E-state index contributed by atoms with van der Waals surface area (Å²) in [5.41, 5.74) is 0. The molecule has 1 aliphatic carbocycles. The van der Waals surface area contributed by atoms with E-state index in [1.807, 2.05) is 0 Å². The van der Waals surface area contributed by atoms with Crippen molar-refractivity contribution in [3.63, 3.8) is 0 Å². The number of ether oxygens (including phenoxy) is 2. The van der Waals surface area contributed by atoms with Gasteiger partial charge < -0.3 is 9.47 Å².